The van der Waals surface area contributed by atoms with Crippen LogP contribution in [0.2, 0.25) is 0 Å². The van der Waals surface area contributed by atoms with Gasteiger partial charge in [0.2, 0.25) is 0 Å². The minimum atomic E-state index is -1.22. The molecule has 6 nitrogen and oxygen atoms in total. The van der Waals surface area contributed by atoms with E-state index in [0.29, 0.717) is 11.6 Å². The second-order valence-corrected chi connectivity index (χ2v) is 8.78. The highest BCUT2D eigenvalue weighted by Gasteiger charge is 2.50. The van der Waals surface area contributed by atoms with Gasteiger partial charge in [0.15, 0.2) is 5.78 Å². The van der Waals surface area contributed by atoms with Crippen LogP contribution in [0.4, 0.5) is 4.79 Å². The van der Waals surface area contributed by atoms with Crippen molar-refractivity contribution in [3.05, 3.63) is 71.0 Å². The van der Waals surface area contributed by atoms with E-state index in [2.05, 4.69) is 9.88 Å². The number of amides is 3. The van der Waals surface area contributed by atoms with Crippen LogP contribution < -0.4 is 5.32 Å². The highest BCUT2D eigenvalue weighted by Crippen LogP contribution is 2.39. The van der Waals surface area contributed by atoms with Gasteiger partial charge in [-0.2, -0.15) is 0 Å². The summed E-state index contributed by atoms with van der Waals surface area (Å²) in [6.07, 6.45) is 2.25. The Morgan fingerprint density at radius 2 is 1.81 bits per heavy atom. The summed E-state index contributed by atoms with van der Waals surface area (Å²) in [5.41, 5.74) is 2.05. The van der Waals surface area contributed by atoms with Gasteiger partial charge in [-0.15, -0.1) is 0 Å². The molecule has 1 aliphatic carbocycles. The van der Waals surface area contributed by atoms with E-state index in [-0.39, 0.29) is 12.3 Å². The predicted molar refractivity (Wildman–Crippen MR) is 118 cm³/mol. The standard InChI is InChI=1S/C25H25N3O3/c1-15-13-20(16(2)28(15)18-11-12-18)22(29)14-27-23(30)25(3,26-24(27)31)21-10-6-8-17-7-4-5-9-19(17)21/h4-10,13,18H,11-12,14H2,1-3H3,(H,26,31). The third kappa shape index (κ3) is 2.97. The van der Waals surface area contributed by atoms with E-state index >= 15 is 0 Å². The number of rotatable bonds is 5. The van der Waals surface area contributed by atoms with E-state index in [0.717, 1.165) is 45.5 Å². The number of nitrogens with one attached hydrogen (secondary N) is 1. The van der Waals surface area contributed by atoms with Crippen LogP contribution in [0.3, 0.4) is 0 Å². The summed E-state index contributed by atoms with van der Waals surface area (Å²) in [4.78, 5) is 40.3. The topological polar surface area (TPSA) is 71.4 Å². The van der Waals surface area contributed by atoms with E-state index in [9.17, 15) is 14.4 Å². The van der Waals surface area contributed by atoms with Crippen LogP contribution in [0.15, 0.2) is 48.5 Å². The Bertz CT molecular complexity index is 1250. The van der Waals surface area contributed by atoms with Gasteiger partial charge in [-0.05, 0) is 56.0 Å². The van der Waals surface area contributed by atoms with Crippen molar-refractivity contribution in [1.29, 1.82) is 0 Å². The molecule has 3 aromatic rings. The van der Waals surface area contributed by atoms with Crippen molar-refractivity contribution in [3.63, 3.8) is 0 Å². The first kappa shape index (κ1) is 19.5. The summed E-state index contributed by atoms with van der Waals surface area (Å²) in [5.74, 6) is -0.621. The average Bonchev–Trinajstić information content (AvgIpc) is 3.50. The zero-order valence-electron chi connectivity index (χ0n) is 17.9. The van der Waals surface area contributed by atoms with E-state index in [4.69, 9.17) is 0 Å². The summed E-state index contributed by atoms with van der Waals surface area (Å²) >= 11 is 0. The van der Waals surface area contributed by atoms with E-state index in [1.54, 1.807) is 6.92 Å². The average molecular weight is 415 g/mol. The number of nitrogens with zero attached hydrogens (tertiary/aromatic N) is 2. The fourth-order valence-corrected chi connectivity index (χ4v) is 4.87. The van der Waals surface area contributed by atoms with Gasteiger partial charge in [0.1, 0.15) is 5.54 Å². The minimum absolute atomic E-state index is 0.217. The second-order valence-electron chi connectivity index (χ2n) is 8.78. The number of hydrogen-bond donors (Lipinski definition) is 1. The Morgan fingerprint density at radius 1 is 1.10 bits per heavy atom. The molecule has 6 heteroatoms. The lowest BCUT2D eigenvalue weighted by atomic mass is 9.88. The first-order chi connectivity index (χ1) is 14.8. The van der Waals surface area contributed by atoms with Crippen molar-refractivity contribution in [2.24, 2.45) is 0 Å². The van der Waals surface area contributed by atoms with Crippen LogP contribution >= 0.6 is 0 Å². The molecule has 0 spiro atoms. The number of urea groups is 1. The maximum Gasteiger partial charge on any atom is 0.325 e. The molecule has 1 aliphatic heterocycles. The van der Waals surface area contributed by atoms with Crippen LogP contribution in [-0.2, 0) is 10.3 Å². The smallest absolute Gasteiger partial charge is 0.325 e. The monoisotopic (exact) mass is 415 g/mol. The van der Waals surface area contributed by atoms with Gasteiger partial charge in [0.05, 0.1) is 6.54 Å². The molecule has 1 atom stereocenters. The Hall–Kier alpha value is -3.41. The minimum Gasteiger partial charge on any atom is -0.345 e. The molecule has 2 fully saturated rings. The molecule has 158 valence electrons. The van der Waals surface area contributed by atoms with Crippen LogP contribution in [-0.4, -0.2) is 33.7 Å². The van der Waals surface area contributed by atoms with E-state index in [1.165, 1.54) is 0 Å². The van der Waals surface area contributed by atoms with Crippen LogP contribution in [0.25, 0.3) is 10.8 Å². The van der Waals surface area contributed by atoms with Crippen LogP contribution in [0.5, 0.6) is 0 Å². The largest absolute Gasteiger partial charge is 0.345 e. The molecule has 3 amide bonds. The zero-order chi connectivity index (χ0) is 21.9. The molecular weight excluding hydrogens is 390 g/mol. The quantitative estimate of drug-likeness (QED) is 0.500. The second kappa shape index (κ2) is 6.80. The van der Waals surface area contributed by atoms with Gasteiger partial charge in [-0.3, -0.25) is 14.5 Å². The van der Waals surface area contributed by atoms with Gasteiger partial charge in [0.25, 0.3) is 5.91 Å². The Morgan fingerprint density at radius 3 is 2.55 bits per heavy atom. The number of imide groups is 1. The number of aryl methyl sites for hydroxylation is 1. The number of carbonyl (C=O) groups is 3. The number of ketones is 1. The maximum atomic E-state index is 13.4. The molecule has 1 unspecified atom stereocenters. The fourth-order valence-electron chi connectivity index (χ4n) is 4.87. The van der Waals surface area contributed by atoms with Crippen molar-refractivity contribution in [2.75, 3.05) is 6.54 Å². The molecule has 1 saturated heterocycles. The predicted octanol–water partition coefficient (Wildman–Crippen LogP) is 4.24. The molecule has 1 aromatic heterocycles. The number of aromatic nitrogens is 1. The summed E-state index contributed by atoms with van der Waals surface area (Å²) in [6, 6.07) is 15.3. The molecule has 2 heterocycles. The fraction of sp³-hybridized carbons (Fsp3) is 0.320. The summed E-state index contributed by atoms with van der Waals surface area (Å²) in [6.45, 7) is 5.37. The van der Waals surface area contributed by atoms with Gasteiger partial charge in [-0.1, -0.05) is 42.5 Å². The molecule has 1 saturated carbocycles. The van der Waals surface area contributed by atoms with Crippen molar-refractivity contribution >= 4 is 28.5 Å². The highest BCUT2D eigenvalue weighted by atomic mass is 16.2. The number of carbonyl (C=O) groups excluding carboxylic acids is 3. The molecule has 5 rings (SSSR count). The van der Waals surface area contributed by atoms with E-state index in [1.807, 2.05) is 62.4 Å². The lowest BCUT2D eigenvalue weighted by Crippen LogP contribution is -2.41. The molecule has 2 aromatic carbocycles. The Kier molecular flexibility index (Phi) is 4.29. The summed E-state index contributed by atoms with van der Waals surface area (Å²) < 4.78 is 2.19. The third-order valence-corrected chi connectivity index (χ3v) is 6.60. The zero-order valence-corrected chi connectivity index (χ0v) is 17.9. The molecule has 1 N–H and O–H groups in total. The number of hydrogen-bond acceptors (Lipinski definition) is 3. The normalized spacial score (nSPS) is 21.1. The number of Topliss-reactive ketones (excluding diaryl/α,β-unsaturated/α-hetero) is 1. The molecule has 0 bridgehead atoms. The Balaban J connectivity index is 1.45. The number of fused-ring (bicyclic) bond motifs is 1. The SMILES string of the molecule is Cc1cc(C(=O)CN2C(=O)NC(C)(c3cccc4ccccc34)C2=O)c(C)n1C1CC1. The Labute approximate surface area is 180 Å². The van der Waals surface area contributed by atoms with Gasteiger partial charge in [-0.25, -0.2) is 4.79 Å². The first-order valence-electron chi connectivity index (χ1n) is 10.6. The summed E-state index contributed by atoms with van der Waals surface area (Å²) in [7, 11) is 0. The van der Waals surface area contributed by atoms with E-state index < -0.39 is 17.5 Å². The lowest BCUT2D eigenvalue weighted by Gasteiger charge is -2.24. The molecular formula is C25H25N3O3. The molecule has 0 radical (unpaired) electrons. The molecule has 2 aliphatic rings. The van der Waals surface area contributed by atoms with Crippen LogP contribution in [0, 0.1) is 13.8 Å². The van der Waals surface area contributed by atoms with Crippen LogP contribution in [0.1, 0.15) is 53.1 Å². The first-order valence-corrected chi connectivity index (χ1v) is 10.6. The van der Waals surface area contributed by atoms with Crippen molar-refractivity contribution in [3.8, 4) is 0 Å². The van der Waals surface area contributed by atoms with Crippen molar-refractivity contribution in [1.82, 2.24) is 14.8 Å². The van der Waals surface area contributed by atoms with Crippen molar-refractivity contribution in [2.45, 2.75) is 45.2 Å². The summed E-state index contributed by atoms with van der Waals surface area (Å²) in [5, 5.41) is 4.73. The van der Waals surface area contributed by atoms with Gasteiger partial charge in [0, 0.05) is 23.0 Å². The highest BCUT2D eigenvalue weighted by molar-refractivity contribution is 6.12. The molecule has 31 heavy (non-hydrogen) atoms. The number of benzene rings is 2. The third-order valence-electron chi connectivity index (χ3n) is 6.60. The lowest BCUT2D eigenvalue weighted by molar-refractivity contribution is -0.130. The van der Waals surface area contributed by atoms with Gasteiger partial charge < -0.3 is 9.88 Å². The maximum absolute atomic E-state index is 13.4. The van der Waals surface area contributed by atoms with Crippen molar-refractivity contribution < 1.29 is 14.4 Å². The van der Waals surface area contributed by atoms with Gasteiger partial charge >= 0.3 is 6.03 Å².